The molecule has 2 unspecified atom stereocenters. The highest BCUT2D eigenvalue weighted by molar-refractivity contribution is 6.00. The molecule has 30 heavy (non-hydrogen) atoms. The number of carbonyl (C=O) groups excluding carboxylic acids is 2. The Kier molecular flexibility index (Phi) is 6.48. The number of aldehydes is 1. The zero-order valence-electron chi connectivity index (χ0n) is 17.2. The molecule has 2 N–H and O–H groups in total. The van der Waals surface area contributed by atoms with E-state index in [2.05, 4.69) is 4.98 Å². The Labute approximate surface area is 174 Å². The van der Waals surface area contributed by atoms with Crippen molar-refractivity contribution < 1.29 is 24.2 Å². The van der Waals surface area contributed by atoms with Crippen LogP contribution in [0.3, 0.4) is 0 Å². The summed E-state index contributed by atoms with van der Waals surface area (Å²) in [4.78, 5) is 32.0. The van der Waals surface area contributed by atoms with Gasteiger partial charge >= 0.3 is 0 Å². The SMILES string of the molecule is CC(C)C(=O)N(C)c1cnc(N2CC(O)CC2CO)cc1-c1ccc(F)cc1C=O. The highest BCUT2D eigenvalue weighted by Crippen LogP contribution is 2.36. The molecule has 2 aromatic rings. The molecule has 0 spiro atoms. The first-order valence-corrected chi connectivity index (χ1v) is 9.85. The molecular formula is C22H26FN3O4. The van der Waals surface area contributed by atoms with Gasteiger partial charge in [-0.3, -0.25) is 9.59 Å². The molecule has 1 aliphatic heterocycles. The molecule has 1 aromatic carbocycles. The lowest BCUT2D eigenvalue weighted by Gasteiger charge is -2.27. The Morgan fingerprint density at radius 3 is 2.73 bits per heavy atom. The van der Waals surface area contributed by atoms with Crippen molar-refractivity contribution in [2.75, 3.05) is 30.0 Å². The highest BCUT2D eigenvalue weighted by Gasteiger charge is 2.32. The summed E-state index contributed by atoms with van der Waals surface area (Å²) in [5.74, 6) is -0.429. The normalized spacial score (nSPS) is 18.7. The standard InChI is InChI=1S/C22H26FN3O4/c1-13(2)22(30)25(3)20-9-24-21(26-10-17(29)7-16(26)12-28)8-19(20)18-5-4-15(23)6-14(18)11-27/h4-6,8-9,11,13,16-17,28-29H,7,10,12H2,1-3H3. The predicted molar refractivity (Wildman–Crippen MR) is 112 cm³/mol. The van der Waals surface area contributed by atoms with E-state index < -0.39 is 11.9 Å². The van der Waals surface area contributed by atoms with Gasteiger partial charge in [-0.2, -0.15) is 0 Å². The first-order chi connectivity index (χ1) is 14.3. The van der Waals surface area contributed by atoms with Crippen LogP contribution in [0.25, 0.3) is 11.1 Å². The molecule has 0 aliphatic carbocycles. The van der Waals surface area contributed by atoms with Crippen LogP contribution < -0.4 is 9.80 Å². The van der Waals surface area contributed by atoms with Crippen LogP contribution in [-0.4, -0.2) is 59.7 Å². The monoisotopic (exact) mass is 415 g/mol. The molecule has 0 saturated carbocycles. The summed E-state index contributed by atoms with van der Waals surface area (Å²) >= 11 is 0. The van der Waals surface area contributed by atoms with Gasteiger partial charge in [0.1, 0.15) is 11.6 Å². The number of benzene rings is 1. The zero-order chi connectivity index (χ0) is 22.0. The average Bonchev–Trinajstić information content (AvgIpc) is 3.12. The number of hydrogen-bond donors (Lipinski definition) is 2. The van der Waals surface area contributed by atoms with Crippen LogP contribution >= 0.6 is 0 Å². The summed E-state index contributed by atoms with van der Waals surface area (Å²) < 4.78 is 13.7. The zero-order valence-corrected chi connectivity index (χ0v) is 17.2. The molecule has 1 aromatic heterocycles. The van der Waals surface area contributed by atoms with Crippen LogP contribution in [0.15, 0.2) is 30.5 Å². The van der Waals surface area contributed by atoms with Crippen molar-refractivity contribution in [1.29, 1.82) is 0 Å². The van der Waals surface area contributed by atoms with Crippen LogP contribution in [-0.2, 0) is 4.79 Å². The fourth-order valence-corrected chi connectivity index (χ4v) is 3.81. The van der Waals surface area contributed by atoms with E-state index in [0.717, 1.165) is 6.07 Å². The van der Waals surface area contributed by atoms with Crippen molar-refractivity contribution in [2.24, 2.45) is 5.92 Å². The summed E-state index contributed by atoms with van der Waals surface area (Å²) in [5, 5.41) is 19.7. The van der Waals surface area contributed by atoms with Crippen LogP contribution in [0.1, 0.15) is 30.6 Å². The fourth-order valence-electron chi connectivity index (χ4n) is 3.81. The number of β-amino-alcohol motifs (C(OH)–C–C–N with tert-alkyl or cyclic N) is 1. The predicted octanol–water partition coefficient (Wildman–Crippen LogP) is 2.25. The van der Waals surface area contributed by atoms with Crippen LogP contribution in [0, 0.1) is 11.7 Å². The third kappa shape index (κ3) is 4.20. The summed E-state index contributed by atoms with van der Waals surface area (Å²) in [5.41, 5.74) is 1.64. The third-order valence-electron chi connectivity index (χ3n) is 5.38. The third-order valence-corrected chi connectivity index (χ3v) is 5.38. The Hall–Kier alpha value is -2.84. The lowest BCUT2D eigenvalue weighted by molar-refractivity contribution is -0.121. The van der Waals surface area contributed by atoms with E-state index in [9.17, 15) is 24.2 Å². The van der Waals surface area contributed by atoms with Gasteiger partial charge in [-0.1, -0.05) is 19.9 Å². The van der Waals surface area contributed by atoms with Gasteiger partial charge in [0.15, 0.2) is 6.29 Å². The second kappa shape index (κ2) is 8.89. The highest BCUT2D eigenvalue weighted by atomic mass is 19.1. The van der Waals surface area contributed by atoms with Crippen molar-refractivity contribution in [3.05, 3.63) is 41.8 Å². The number of nitrogens with zero attached hydrogens (tertiary/aromatic N) is 3. The second-order valence-corrected chi connectivity index (χ2v) is 7.84. The number of hydrogen-bond acceptors (Lipinski definition) is 6. The van der Waals surface area contributed by atoms with Crippen LogP contribution in [0.2, 0.25) is 0 Å². The van der Waals surface area contributed by atoms with Gasteiger partial charge in [0.05, 0.1) is 30.6 Å². The Balaban J connectivity index is 2.17. The molecule has 1 fully saturated rings. The number of pyridine rings is 1. The first-order valence-electron chi connectivity index (χ1n) is 9.85. The summed E-state index contributed by atoms with van der Waals surface area (Å²) in [6, 6.07) is 5.32. The van der Waals surface area contributed by atoms with Crippen molar-refractivity contribution >= 4 is 23.7 Å². The summed E-state index contributed by atoms with van der Waals surface area (Å²) in [6.07, 6.45) is 1.93. The Morgan fingerprint density at radius 2 is 2.10 bits per heavy atom. The van der Waals surface area contributed by atoms with Gasteiger partial charge < -0.3 is 20.0 Å². The fraction of sp³-hybridized carbons (Fsp3) is 0.409. The van der Waals surface area contributed by atoms with E-state index >= 15 is 0 Å². The van der Waals surface area contributed by atoms with E-state index in [1.807, 2.05) is 0 Å². The Morgan fingerprint density at radius 1 is 1.37 bits per heavy atom. The topological polar surface area (TPSA) is 94.0 Å². The molecule has 160 valence electrons. The maximum absolute atomic E-state index is 13.7. The van der Waals surface area contributed by atoms with Crippen molar-refractivity contribution in [1.82, 2.24) is 4.98 Å². The number of aromatic nitrogens is 1. The molecule has 1 saturated heterocycles. The summed E-state index contributed by atoms with van der Waals surface area (Å²) in [6.45, 7) is 3.73. The number of halogens is 1. The van der Waals surface area contributed by atoms with Gasteiger partial charge in [-0.05, 0) is 30.2 Å². The molecular weight excluding hydrogens is 389 g/mol. The maximum atomic E-state index is 13.7. The number of carbonyl (C=O) groups is 2. The molecule has 2 atom stereocenters. The molecule has 8 heteroatoms. The minimum atomic E-state index is -0.589. The van der Waals surface area contributed by atoms with E-state index in [1.54, 1.807) is 31.9 Å². The van der Waals surface area contributed by atoms with Crippen LogP contribution in [0.4, 0.5) is 15.9 Å². The van der Waals surface area contributed by atoms with Gasteiger partial charge in [-0.25, -0.2) is 9.37 Å². The minimum Gasteiger partial charge on any atom is -0.394 e. The summed E-state index contributed by atoms with van der Waals surface area (Å²) in [7, 11) is 1.63. The van der Waals surface area contributed by atoms with Gasteiger partial charge in [0.25, 0.3) is 0 Å². The maximum Gasteiger partial charge on any atom is 0.229 e. The average molecular weight is 415 g/mol. The van der Waals surface area contributed by atoms with Crippen molar-refractivity contribution in [3.8, 4) is 11.1 Å². The lowest BCUT2D eigenvalue weighted by Crippen LogP contribution is -2.34. The molecule has 3 rings (SSSR count). The van der Waals surface area contributed by atoms with E-state index in [0.29, 0.717) is 41.9 Å². The second-order valence-electron chi connectivity index (χ2n) is 7.84. The lowest BCUT2D eigenvalue weighted by atomic mass is 9.98. The number of amides is 1. The van der Waals surface area contributed by atoms with Crippen LogP contribution in [0.5, 0.6) is 0 Å². The minimum absolute atomic E-state index is 0.134. The largest absolute Gasteiger partial charge is 0.394 e. The number of aliphatic hydroxyl groups excluding tert-OH is 2. The van der Waals surface area contributed by atoms with E-state index in [4.69, 9.17) is 0 Å². The quantitative estimate of drug-likeness (QED) is 0.703. The molecule has 7 nitrogen and oxygen atoms in total. The number of aliphatic hydroxyl groups is 2. The number of anilines is 2. The van der Waals surface area contributed by atoms with E-state index in [1.165, 1.54) is 23.2 Å². The van der Waals surface area contributed by atoms with E-state index in [-0.39, 0.29) is 30.0 Å². The smallest absolute Gasteiger partial charge is 0.229 e. The van der Waals surface area contributed by atoms with Crippen molar-refractivity contribution in [2.45, 2.75) is 32.4 Å². The molecule has 2 heterocycles. The molecule has 1 aliphatic rings. The van der Waals surface area contributed by atoms with Gasteiger partial charge in [0, 0.05) is 30.6 Å². The molecule has 1 amide bonds. The molecule has 0 radical (unpaired) electrons. The van der Waals surface area contributed by atoms with Gasteiger partial charge in [-0.15, -0.1) is 0 Å². The van der Waals surface area contributed by atoms with Crippen molar-refractivity contribution in [3.63, 3.8) is 0 Å². The Bertz CT molecular complexity index is 950. The van der Waals surface area contributed by atoms with Gasteiger partial charge in [0.2, 0.25) is 5.91 Å². The number of rotatable bonds is 6. The molecule has 0 bridgehead atoms. The first kappa shape index (κ1) is 21.9.